The van der Waals surface area contributed by atoms with Crippen LogP contribution in [0.15, 0.2) is 89.3 Å². The number of rotatable bonds is 8. The summed E-state index contributed by atoms with van der Waals surface area (Å²) >= 11 is 3.21. The van der Waals surface area contributed by atoms with Crippen LogP contribution in [-0.2, 0) is 11.3 Å². The summed E-state index contributed by atoms with van der Waals surface area (Å²) in [5, 5.41) is 7.28. The number of benzene rings is 3. The third-order valence-electron chi connectivity index (χ3n) is 7.76. The van der Waals surface area contributed by atoms with Gasteiger partial charge in [-0.3, -0.25) is 4.79 Å². The van der Waals surface area contributed by atoms with Crippen molar-refractivity contribution in [2.45, 2.75) is 68.0 Å². The first kappa shape index (κ1) is 31.7. The number of aromatic nitrogens is 1. The van der Waals surface area contributed by atoms with E-state index in [0.29, 0.717) is 18.7 Å². The average Bonchev–Trinajstić information content (AvgIpc) is 3.68. The highest BCUT2D eigenvalue weighted by molar-refractivity contribution is 7.99. The molecule has 2 aliphatic heterocycles. The third-order valence-corrected chi connectivity index (χ3v) is 9.96. The van der Waals surface area contributed by atoms with Gasteiger partial charge < -0.3 is 25.0 Å². The van der Waals surface area contributed by atoms with Gasteiger partial charge in [-0.05, 0) is 82.1 Å². The van der Waals surface area contributed by atoms with Gasteiger partial charge in [0.25, 0.3) is 5.91 Å². The quantitative estimate of drug-likeness (QED) is 0.197. The minimum atomic E-state index is -0.501. The summed E-state index contributed by atoms with van der Waals surface area (Å²) in [6, 6.07) is 21.8. The van der Waals surface area contributed by atoms with Crippen molar-refractivity contribution in [3.8, 4) is 16.3 Å². The van der Waals surface area contributed by atoms with Gasteiger partial charge in [0.2, 0.25) is 0 Å². The number of hydrogen-bond acceptors (Lipinski definition) is 8. The summed E-state index contributed by atoms with van der Waals surface area (Å²) in [4.78, 5) is 35.2. The number of carbonyl (C=O) groups excluding carboxylic acids is 2. The topological polar surface area (TPSA) is 92.8 Å². The van der Waals surface area contributed by atoms with Crippen LogP contribution in [-0.4, -0.2) is 46.7 Å². The van der Waals surface area contributed by atoms with E-state index in [1.54, 1.807) is 29.3 Å². The van der Waals surface area contributed by atoms with Gasteiger partial charge in [0, 0.05) is 62.3 Å². The molecule has 1 atom stereocenters. The van der Waals surface area contributed by atoms with Crippen LogP contribution in [0.25, 0.3) is 16.3 Å². The van der Waals surface area contributed by atoms with Gasteiger partial charge in [0.05, 0.1) is 18.8 Å². The Balaban J connectivity index is 0.992. The van der Waals surface area contributed by atoms with E-state index >= 15 is 0 Å². The maximum Gasteiger partial charge on any atom is 0.410 e. The lowest BCUT2D eigenvalue weighted by atomic mass is 10.1. The molecule has 0 bridgehead atoms. The molecule has 3 aromatic carbocycles. The van der Waals surface area contributed by atoms with Crippen LogP contribution in [0.4, 0.5) is 10.5 Å². The molecule has 2 N–H and O–H groups in total. The highest BCUT2D eigenvalue weighted by atomic mass is 32.2. The molecule has 1 saturated heterocycles. The molecule has 6 rings (SSSR count). The molecule has 1 unspecified atom stereocenters. The molecule has 0 saturated carbocycles. The van der Waals surface area contributed by atoms with Gasteiger partial charge in [0.1, 0.15) is 16.4 Å². The van der Waals surface area contributed by atoms with Gasteiger partial charge >= 0.3 is 6.09 Å². The van der Waals surface area contributed by atoms with E-state index in [1.807, 2.05) is 86.3 Å². The summed E-state index contributed by atoms with van der Waals surface area (Å²) in [5.41, 5.74) is 3.80. The van der Waals surface area contributed by atoms with Crippen molar-refractivity contribution in [3.05, 3.63) is 95.5 Å². The van der Waals surface area contributed by atoms with Crippen molar-refractivity contribution in [2.75, 3.05) is 18.5 Å². The molecule has 0 spiro atoms. The molecule has 3 heterocycles. The van der Waals surface area contributed by atoms with Crippen LogP contribution in [0.5, 0.6) is 5.75 Å². The lowest BCUT2D eigenvalue weighted by Gasteiger charge is -2.28. The Bertz CT molecular complexity index is 1750. The van der Waals surface area contributed by atoms with E-state index in [4.69, 9.17) is 9.47 Å². The van der Waals surface area contributed by atoms with E-state index in [9.17, 15) is 9.59 Å². The number of fused-ring (bicyclic) bond motifs is 2. The van der Waals surface area contributed by atoms with Crippen LogP contribution < -0.4 is 15.4 Å². The molecule has 46 heavy (non-hydrogen) atoms. The lowest BCUT2D eigenvalue weighted by molar-refractivity contribution is 0.0211. The minimum Gasteiger partial charge on any atom is -0.494 e. The highest BCUT2D eigenvalue weighted by Gasteiger charge is 2.32. The van der Waals surface area contributed by atoms with Crippen molar-refractivity contribution >= 4 is 46.5 Å². The van der Waals surface area contributed by atoms with E-state index in [0.717, 1.165) is 73.7 Å². The van der Waals surface area contributed by atoms with Crippen LogP contribution in [0.1, 0.15) is 60.8 Å². The summed E-state index contributed by atoms with van der Waals surface area (Å²) in [5.74, 6) is 0.626. The second kappa shape index (κ2) is 13.6. The molecule has 8 nitrogen and oxygen atoms in total. The molecule has 1 aromatic heterocycles. The smallest absolute Gasteiger partial charge is 0.410 e. The van der Waals surface area contributed by atoms with Crippen molar-refractivity contribution in [1.29, 1.82) is 0 Å². The first-order chi connectivity index (χ1) is 22.1. The maximum absolute atomic E-state index is 13.1. The van der Waals surface area contributed by atoms with E-state index in [2.05, 4.69) is 28.3 Å². The zero-order valence-electron chi connectivity index (χ0n) is 26.3. The zero-order valence-corrected chi connectivity index (χ0v) is 27.9. The normalized spacial score (nSPS) is 15.8. The minimum absolute atomic E-state index is 0.133. The largest absolute Gasteiger partial charge is 0.494 e. The molecular formula is C36H38N4O4S2. The first-order valence-corrected chi connectivity index (χ1v) is 17.1. The summed E-state index contributed by atoms with van der Waals surface area (Å²) in [6.45, 7) is 11.5. The monoisotopic (exact) mass is 654 g/mol. The van der Waals surface area contributed by atoms with Gasteiger partial charge in [-0.15, -0.1) is 11.3 Å². The van der Waals surface area contributed by atoms with Crippen molar-refractivity contribution in [3.63, 3.8) is 0 Å². The number of amides is 2. The third kappa shape index (κ3) is 7.57. The molecule has 238 valence electrons. The van der Waals surface area contributed by atoms with Gasteiger partial charge in [-0.25, -0.2) is 9.78 Å². The van der Waals surface area contributed by atoms with Gasteiger partial charge in [-0.2, -0.15) is 0 Å². The number of nitrogens with zero attached hydrogens (tertiary/aromatic N) is 2. The molecule has 4 aromatic rings. The molecule has 0 radical (unpaired) electrons. The molecule has 1 fully saturated rings. The number of nitrogens with one attached hydrogen (secondary N) is 2. The second-order valence-corrected chi connectivity index (χ2v) is 14.6. The first-order valence-electron chi connectivity index (χ1n) is 15.5. The number of anilines is 1. The van der Waals surface area contributed by atoms with E-state index in [-0.39, 0.29) is 18.0 Å². The van der Waals surface area contributed by atoms with Gasteiger partial charge in [-0.1, -0.05) is 36.5 Å². The van der Waals surface area contributed by atoms with Crippen LogP contribution in [0.3, 0.4) is 0 Å². The fourth-order valence-corrected chi connectivity index (χ4v) is 7.40. The predicted octanol–water partition coefficient (Wildman–Crippen LogP) is 8.46. The Hall–Kier alpha value is -4.28. The van der Waals surface area contributed by atoms with Crippen LogP contribution in [0.2, 0.25) is 0 Å². The Labute approximate surface area is 278 Å². The predicted molar refractivity (Wildman–Crippen MR) is 184 cm³/mol. The van der Waals surface area contributed by atoms with Crippen molar-refractivity contribution in [1.82, 2.24) is 15.2 Å². The second-order valence-electron chi connectivity index (χ2n) is 12.4. The maximum atomic E-state index is 13.1. The zero-order chi connectivity index (χ0) is 32.3. The summed E-state index contributed by atoms with van der Waals surface area (Å²) < 4.78 is 11.6. The van der Waals surface area contributed by atoms with Crippen LogP contribution >= 0.6 is 23.1 Å². The fraction of sp³-hybridized carbons (Fsp3) is 0.306. The number of likely N-dealkylation sites (tertiary alicyclic amines) is 1. The fourth-order valence-electron chi connectivity index (χ4n) is 5.51. The van der Waals surface area contributed by atoms with Crippen molar-refractivity contribution in [2.24, 2.45) is 0 Å². The number of carbonyl (C=O) groups is 2. The van der Waals surface area contributed by atoms with E-state index in [1.165, 1.54) is 0 Å². The highest BCUT2D eigenvalue weighted by Crippen LogP contribution is 2.42. The Morgan fingerprint density at radius 1 is 1.09 bits per heavy atom. The molecule has 10 heteroatoms. The molecule has 0 aliphatic carbocycles. The molecule has 2 aliphatic rings. The molecule has 2 amide bonds. The lowest BCUT2D eigenvalue weighted by Crippen LogP contribution is -2.40. The Morgan fingerprint density at radius 2 is 1.89 bits per heavy atom. The van der Waals surface area contributed by atoms with Crippen LogP contribution in [0, 0.1) is 0 Å². The SMILES string of the molecule is C=C1Nc2cc(C(=O)NCc3cnc(-c4ccc(OCCC5CCCN5C(=O)OC(C)(C)C)cc4)s3)ccc2Sc2ccccc21. The molecular weight excluding hydrogens is 617 g/mol. The number of ether oxygens (including phenoxy) is 2. The summed E-state index contributed by atoms with van der Waals surface area (Å²) in [7, 11) is 0. The van der Waals surface area contributed by atoms with Crippen molar-refractivity contribution < 1.29 is 19.1 Å². The average molecular weight is 655 g/mol. The number of hydrogen-bond donors (Lipinski definition) is 2. The Kier molecular flexibility index (Phi) is 9.37. The van der Waals surface area contributed by atoms with Gasteiger partial charge in [0.15, 0.2) is 0 Å². The van der Waals surface area contributed by atoms with E-state index < -0.39 is 5.60 Å². The standard InChI is InChI=1S/C36H38N4O4S2/c1-23-29-9-5-6-10-31(29)46-32-16-13-25(20-30(32)39-23)33(41)37-21-28-22-38-34(45-28)24-11-14-27(15-12-24)43-19-17-26-8-7-18-40(26)35(42)44-36(2,3)4/h5-6,9-16,20,22,26,39H,1,7-8,17-19,21H2,2-4H3,(H,37,41). The Morgan fingerprint density at radius 3 is 2.70 bits per heavy atom. The summed E-state index contributed by atoms with van der Waals surface area (Å²) in [6.07, 6.45) is 4.26. The number of thiazole rings is 1.